The fraction of sp³-hybridized carbons (Fsp3) is 0.651. The summed E-state index contributed by atoms with van der Waals surface area (Å²) in [5, 5.41) is 24.9. The summed E-state index contributed by atoms with van der Waals surface area (Å²) in [5.41, 5.74) is 1.87. The minimum atomic E-state index is -0.913. The molecule has 3 aliphatic rings. The molecule has 0 aromatic heterocycles. The molecule has 3 aliphatic heterocycles. The predicted molar refractivity (Wildman–Crippen MR) is 216 cm³/mol. The van der Waals surface area contributed by atoms with Crippen molar-refractivity contribution >= 4 is 18.0 Å². The van der Waals surface area contributed by atoms with Gasteiger partial charge in [-0.3, -0.25) is 14.5 Å². The van der Waals surface area contributed by atoms with E-state index in [4.69, 9.17) is 42.6 Å². The van der Waals surface area contributed by atoms with Gasteiger partial charge in [-0.25, -0.2) is 4.79 Å². The highest BCUT2D eigenvalue weighted by Crippen LogP contribution is 2.24. The summed E-state index contributed by atoms with van der Waals surface area (Å²) in [4.78, 5) is 40.8. The van der Waals surface area contributed by atoms with Crippen molar-refractivity contribution in [1.29, 1.82) is 0 Å². The summed E-state index contributed by atoms with van der Waals surface area (Å²) in [6, 6.07) is 14.4. The first-order valence-electron chi connectivity index (χ1n) is 20.8. The Morgan fingerprint density at radius 3 is 1.62 bits per heavy atom. The van der Waals surface area contributed by atoms with Gasteiger partial charge < -0.3 is 63.1 Å². The van der Waals surface area contributed by atoms with Gasteiger partial charge >= 0.3 is 18.0 Å². The molecule has 0 spiro atoms. The van der Waals surface area contributed by atoms with Crippen molar-refractivity contribution in [2.24, 2.45) is 0 Å². The number of aliphatic hydroxyl groups excluding tert-OH is 2. The second kappa shape index (κ2) is 23.2. The minimum Gasteiger partial charge on any atom is -0.491 e. The number of urea groups is 1. The standard InChI is InChI=1S/C43H63N3O14/c1-42(2)57-29-37(59-42)27-55-39(49)15-9-31-5-11-35(12-6-31)53-25-33(47)23-45(18-17-44-41(51)46-19-21-52-22-20-46)24-34(48)26-54-36-13-7-32(8-14-36)10-16-40(50)56-28-38-30-58-43(3,4)60-38/h5-8,11-14,33-34,37-38,47-48H,9-10,15-30H2,1-4H3,(H,44,51)/t33-,34-,37+,38+/m1/s1. The van der Waals surface area contributed by atoms with Crippen LogP contribution in [0.1, 0.15) is 51.7 Å². The van der Waals surface area contributed by atoms with Crippen molar-refractivity contribution in [2.45, 2.75) is 89.4 Å². The molecule has 17 nitrogen and oxygen atoms in total. The monoisotopic (exact) mass is 845 g/mol. The van der Waals surface area contributed by atoms with Gasteiger partial charge in [-0.2, -0.15) is 0 Å². The number of carbonyl (C=O) groups is 3. The number of esters is 2. The maximum absolute atomic E-state index is 12.7. The van der Waals surface area contributed by atoms with Crippen molar-refractivity contribution < 1.29 is 67.2 Å². The Balaban J connectivity index is 1.02. The summed E-state index contributed by atoms with van der Waals surface area (Å²) < 4.78 is 50.1. The number of aryl methyl sites for hydroxylation is 2. The number of nitrogens with one attached hydrogen (secondary N) is 1. The molecular weight excluding hydrogens is 782 g/mol. The van der Waals surface area contributed by atoms with E-state index in [2.05, 4.69) is 5.32 Å². The van der Waals surface area contributed by atoms with E-state index >= 15 is 0 Å². The van der Waals surface area contributed by atoms with Crippen LogP contribution >= 0.6 is 0 Å². The number of hydrogen-bond acceptors (Lipinski definition) is 15. The smallest absolute Gasteiger partial charge is 0.317 e. The third kappa shape index (κ3) is 17.1. The average Bonchev–Trinajstić information content (AvgIpc) is 3.78. The van der Waals surface area contributed by atoms with Crippen molar-refractivity contribution in [3.63, 3.8) is 0 Å². The lowest BCUT2D eigenvalue weighted by Gasteiger charge is -2.29. The molecule has 0 unspecified atom stereocenters. The SMILES string of the molecule is CC1(C)OC[C@H](COC(=O)CCc2ccc(OC[C@H](O)CN(CCNC(=O)N3CCOCC3)C[C@@H](O)COc3ccc(CCC(=O)OC[C@H]4COC(C)(C)O4)cc3)cc2)O1. The summed E-state index contributed by atoms with van der Waals surface area (Å²) in [6.45, 7) is 11.3. The van der Waals surface area contributed by atoms with Crippen molar-refractivity contribution in [2.75, 3.05) is 92.1 Å². The van der Waals surface area contributed by atoms with Gasteiger partial charge in [0.05, 0.1) is 26.4 Å². The van der Waals surface area contributed by atoms with Crippen molar-refractivity contribution in [1.82, 2.24) is 15.1 Å². The molecule has 5 rings (SSSR count). The predicted octanol–water partition coefficient (Wildman–Crippen LogP) is 2.46. The van der Waals surface area contributed by atoms with Crippen LogP contribution in [0.15, 0.2) is 48.5 Å². The molecular formula is C43H63N3O14. The molecule has 0 bridgehead atoms. The third-order valence-corrected chi connectivity index (χ3v) is 9.90. The van der Waals surface area contributed by atoms with E-state index in [0.29, 0.717) is 76.9 Å². The molecule has 2 aromatic rings. The largest absolute Gasteiger partial charge is 0.491 e. The number of morpholine rings is 1. The molecule has 2 aromatic carbocycles. The number of benzene rings is 2. The second-order valence-corrected chi connectivity index (χ2v) is 16.1. The molecule has 0 aliphatic carbocycles. The van der Waals surface area contributed by atoms with Gasteiger partial charge in [0.2, 0.25) is 0 Å². The number of ether oxygens (including phenoxy) is 9. The van der Waals surface area contributed by atoms with Crippen LogP contribution in [0.2, 0.25) is 0 Å². The van der Waals surface area contributed by atoms with Crippen molar-refractivity contribution in [3.8, 4) is 11.5 Å². The zero-order valence-corrected chi connectivity index (χ0v) is 35.3. The van der Waals surface area contributed by atoms with Crippen LogP contribution in [0.5, 0.6) is 11.5 Å². The molecule has 0 radical (unpaired) electrons. The Morgan fingerprint density at radius 1 is 0.750 bits per heavy atom. The Kier molecular flexibility index (Phi) is 18.2. The van der Waals surface area contributed by atoms with Crippen LogP contribution < -0.4 is 14.8 Å². The van der Waals surface area contributed by atoms with Gasteiger partial charge in [-0.15, -0.1) is 0 Å². The lowest BCUT2D eigenvalue weighted by molar-refractivity contribution is -0.158. The quantitative estimate of drug-likeness (QED) is 0.138. The fourth-order valence-corrected chi connectivity index (χ4v) is 6.75. The molecule has 17 heteroatoms. The van der Waals surface area contributed by atoms with Crippen LogP contribution in [0.4, 0.5) is 4.79 Å². The van der Waals surface area contributed by atoms with Gasteiger partial charge in [-0.1, -0.05) is 24.3 Å². The molecule has 3 N–H and O–H groups in total. The average molecular weight is 846 g/mol. The van der Waals surface area contributed by atoms with Gasteiger partial charge in [0.25, 0.3) is 0 Å². The Labute approximate surface area is 352 Å². The van der Waals surface area contributed by atoms with Gasteiger partial charge in [0, 0.05) is 52.1 Å². The topological polar surface area (TPSA) is 193 Å². The first kappa shape index (κ1) is 47.0. The summed E-state index contributed by atoms with van der Waals surface area (Å²) >= 11 is 0. The van der Waals surface area contributed by atoms with E-state index in [1.54, 1.807) is 29.2 Å². The lowest BCUT2D eigenvalue weighted by atomic mass is 10.1. The van der Waals surface area contributed by atoms with Gasteiger partial charge in [0.1, 0.15) is 62.3 Å². The molecule has 2 amide bonds. The number of carbonyl (C=O) groups excluding carboxylic acids is 3. The second-order valence-electron chi connectivity index (χ2n) is 16.1. The van der Waals surface area contributed by atoms with E-state index in [1.807, 2.05) is 56.9 Å². The molecule has 3 heterocycles. The highest BCUT2D eigenvalue weighted by atomic mass is 16.8. The van der Waals surface area contributed by atoms with Gasteiger partial charge in [-0.05, 0) is 75.9 Å². The number of rotatable bonds is 23. The number of nitrogens with zero attached hydrogens (tertiary/aromatic N) is 2. The molecule has 0 saturated carbocycles. The zero-order valence-electron chi connectivity index (χ0n) is 35.3. The maximum atomic E-state index is 12.7. The number of hydrogen-bond donors (Lipinski definition) is 3. The van der Waals surface area contributed by atoms with Crippen molar-refractivity contribution in [3.05, 3.63) is 59.7 Å². The summed E-state index contributed by atoms with van der Waals surface area (Å²) in [7, 11) is 0. The van der Waals surface area contributed by atoms with E-state index in [9.17, 15) is 24.6 Å². The fourth-order valence-electron chi connectivity index (χ4n) is 6.75. The Bertz CT molecular complexity index is 1520. The van der Waals surface area contributed by atoms with Crippen LogP contribution in [0.3, 0.4) is 0 Å². The first-order valence-corrected chi connectivity index (χ1v) is 20.8. The van der Waals surface area contributed by atoms with E-state index < -0.39 is 23.8 Å². The zero-order chi connectivity index (χ0) is 43.0. The molecule has 4 atom stereocenters. The van der Waals surface area contributed by atoms with Crippen LogP contribution in [0, 0.1) is 0 Å². The maximum Gasteiger partial charge on any atom is 0.317 e. The number of amides is 2. The van der Waals surface area contributed by atoms with E-state index in [-0.39, 0.29) is 82.5 Å². The Hall–Kier alpha value is -4.07. The summed E-state index contributed by atoms with van der Waals surface area (Å²) in [5.74, 6) is -0.865. The van der Waals surface area contributed by atoms with E-state index in [0.717, 1.165) is 11.1 Å². The van der Waals surface area contributed by atoms with E-state index in [1.165, 1.54) is 0 Å². The van der Waals surface area contributed by atoms with Crippen LogP contribution in [0.25, 0.3) is 0 Å². The molecule has 3 fully saturated rings. The van der Waals surface area contributed by atoms with Crippen LogP contribution in [-0.4, -0.2) is 166 Å². The minimum absolute atomic E-state index is 0.00896. The number of aliphatic hydroxyl groups is 2. The summed E-state index contributed by atoms with van der Waals surface area (Å²) in [6.07, 6.45) is -0.950. The van der Waals surface area contributed by atoms with Gasteiger partial charge in [0.15, 0.2) is 11.6 Å². The normalized spacial score (nSPS) is 20.7. The third-order valence-electron chi connectivity index (χ3n) is 9.90. The lowest BCUT2D eigenvalue weighted by Crippen LogP contribution is -2.49. The molecule has 334 valence electrons. The molecule has 3 saturated heterocycles. The Morgan fingerprint density at radius 2 is 1.20 bits per heavy atom. The highest BCUT2D eigenvalue weighted by molar-refractivity contribution is 5.74. The highest BCUT2D eigenvalue weighted by Gasteiger charge is 2.34. The van der Waals surface area contributed by atoms with Crippen LogP contribution in [-0.2, 0) is 55.6 Å². The first-order chi connectivity index (χ1) is 28.7. The molecule has 60 heavy (non-hydrogen) atoms.